The third-order valence-electron chi connectivity index (χ3n) is 2.13. The minimum Gasteiger partial charge on any atom is -0.497 e. The van der Waals surface area contributed by atoms with Crippen LogP contribution < -0.4 is 15.4 Å². The van der Waals surface area contributed by atoms with Crippen molar-refractivity contribution in [3.05, 3.63) is 24.3 Å². The Kier molecular flexibility index (Phi) is 9.55. The second-order valence-electron chi connectivity index (χ2n) is 3.42. The van der Waals surface area contributed by atoms with Crippen LogP contribution in [0.5, 0.6) is 5.75 Å². The fourth-order valence-corrected chi connectivity index (χ4v) is 1.93. The molecule has 18 heavy (non-hydrogen) atoms. The Hall–Kier alpha value is -0.910. The summed E-state index contributed by atoms with van der Waals surface area (Å²) in [5, 5.41) is 5.80. The second-order valence-corrected chi connectivity index (χ2v) is 4.47. The fraction of sp³-hybridized carbons (Fsp3) is 0.417. The average Bonchev–Trinajstić information content (AvgIpc) is 2.37. The minimum absolute atomic E-state index is 0. The molecule has 0 radical (unpaired) electrons. The van der Waals surface area contributed by atoms with Gasteiger partial charge in [0.15, 0.2) is 0 Å². The van der Waals surface area contributed by atoms with Crippen molar-refractivity contribution in [1.29, 1.82) is 0 Å². The molecular formula is C12H19ClN2O2S. The molecule has 0 aliphatic rings. The molecule has 0 heterocycles. The Balaban J connectivity index is 0.00000289. The van der Waals surface area contributed by atoms with E-state index in [2.05, 4.69) is 10.6 Å². The SMILES string of the molecule is CNCCNC(=O)CSc1ccc(OC)cc1.Cl. The number of thioether (sulfide) groups is 1. The van der Waals surface area contributed by atoms with Crippen molar-refractivity contribution in [2.75, 3.05) is 33.0 Å². The number of methoxy groups -OCH3 is 1. The first-order valence-corrected chi connectivity index (χ1v) is 6.43. The van der Waals surface area contributed by atoms with Crippen LogP contribution in [0.2, 0.25) is 0 Å². The highest BCUT2D eigenvalue weighted by atomic mass is 35.5. The lowest BCUT2D eigenvalue weighted by Gasteiger charge is -2.05. The Morgan fingerprint density at radius 2 is 1.94 bits per heavy atom. The Labute approximate surface area is 118 Å². The van der Waals surface area contributed by atoms with Crippen LogP contribution in [0.1, 0.15) is 0 Å². The number of hydrogen-bond acceptors (Lipinski definition) is 4. The highest BCUT2D eigenvalue weighted by Gasteiger charge is 2.02. The lowest BCUT2D eigenvalue weighted by Crippen LogP contribution is -2.31. The van der Waals surface area contributed by atoms with E-state index < -0.39 is 0 Å². The van der Waals surface area contributed by atoms with Gasteiger partial charge in [0.2, 0.25) is 5.91 Å². The van der Waals surface area contributed by atoms with Gasteiger partial charge in [0, 0.05) is 18.0 Å². The van der Waals surface area contributed by atoms with E-state index in [0.29, 0.717) is 12.3 Å². The molecule has 6 heteroatoms. The van der Waals surface area contributed by atoms with E-state index in [-0.39, 0.29) is 18.3 Å². The molecule has 4 nitrogen and oxygen atoms in total. The number of amides is 1. The van der Waals surface area contributed by atoms with Crippen molar-refractivity contribution in [2.45, 2.75) is 4.90 Å². The van der Waals surface area contributed by atoms with E-state index in [1.807, 2.05) is 31.3 Å². The van der Waals surface area contributed by atoms with Gasteiger partial charge in [-0.15, -0.1) is 24.2 Å². The Morgan fingerprint density at radius 3 is 2.50 bits per heavy atom. The van der Waals surface area contributed by atoms with E-state index in [0.717, 1.165) is 17.2 Å². The summed E-state index contributed by atoms with van der Waals surface area (Å²) >= 11 is 1.52. The maximum Gasteiger partial charge on any atom is 0.230 e. The zero-order valence-corrected chi connectivity index (χ0v) is 12.2. The third-order valence-corrected chi connectivity index (χ3v) is 3.14. The highest BCUT2D eigenvalue weighted by Crippen LogP contribution is 2.20. The first-order valence-electron chi connectivity index (χ1n) is 5.44. The van der Waals surface area contributed by atoms with Crippen molar-refractivity contribution in [3.63, 3.8) is 0 Å². The maximum absolute atomic E-state index is 11.4. The van der Waals surface area contributed by atoms with Gasteiger partial charge in [-0.3, -0.25) is 4.79 Å². The molecular weight excluding hydrogens is 272 g/mol. The molecule has 0 spiro atoms. The zero-order valence-electron chi connectivity index (χ0n) is 10.6. The van der Waals surface area contributed by atoms with E-state index in [9.17, 15) is 4.79 Å². The number of ether oxygens (including phenoxy) is 1. The number of likely N-dealkylation sites (N-methyl/N-ethyl adjacent to an activating group) is 1. The van der Waals surface area contributed by atoms with E-state index in [1.54, 1.807) is 7.11 Å². The van der Waals surface area contributed by atoms with Gasteiger partial charge in [-0.2, -0.15) is 0 Å². The molecule has 0 unspecified atom stereocenters. The number of nitrogens with one attached hydrogen (secondary N) is 2. The van der Waals surface area contributed by atoms with Crippen LogP contribution in [0.4, 0.5) is 0 Å². The molecule has 102 valence electrons. The Morgan fingerprint density at radius 1 is 1.28 bits per heavy atom. The van der Waals surface area contributed by atoms with E-state index in [1.165, 1.54) is 11.8 Å². The number of hydrogen-bond donors (Lipinski definition) is 2. The summed E-state index contributed by atoms with van der Waals surface area (Å²) in [7, 11) is 3.50. The monoisotopic (exact) mass is 290 g/mol. The lowest BCUT2D eigenvalue weighted by atomic mass is 10.3. The molecule has 1 aromatic rings. The van der Waals surface area contributed by atoms with Gasteiger partial charge in [-0.1, -0.05) is 0 Å². The van der Waals surface area contributed by atoms with Crippen LogP contribution in [0, 0.1) is 0 Å². The highest BCUT2D eigenvalue weighted by molar-refractivity contribution is 8.00. The summed E-state index contributed by atoms with van der Waals surface area (Å²) in [4.78, 5) is 12.5. The standard InChI is InChI=1S/C12H18N2O2S.ClH/c1-13-7-8-14-12(15)9-17-11-5-3-10(16-2)4-6-11;/h3-6,13H,7-9H2,1-2H3,(H,14,15);1H. The molecule has 0 aliphatic heterocycles. The minimum atomic E-state index is 0. The molecule has 0 aromatic heterocycles. The van der Waals surface area contributed by atoms with Crippen LogP contribution >= 0.6 is 24.2 Å². The molecule has 0 atom stereocenters. The van der Waals surface area contributed by atoms with Crippen LogP contribution in [0.25, 0.3) is 0 Å². The number of carbonyl (C=O) groups is 1. The van der Waals surface area contributed by atoms with Crippen molar-refractivity contribution in [3.8, 4) is 5.75 Å². The van der Waals surface area contributed by atoms with Crippen molar-refractivity contribution < 1.29 is 9.53 Å². The van der Waals surface area contributed by atoms with Gasteiger partial charge in [0.05, 0.1) is 12.9 Å². The molecule has 1 aromatic carbocycles. The molecule has 0 aliphatic carbocycles. The fourth-order valence-electron chi connectivity index (χ4n) is 1.20. The summed E-state index contributed by atoms with van der Waals surface area (Å²) in [5.74, 6) is 1.32. The van der Waals surface area contributed by atoms with Gasteiger partial charge >= 0.3 is 0 Å². The van der Waals surface area contributed by atoms with Crippen LogP contribution in [-0.4, -0.2) is 38.9 Å². The largest absolute Gasteiger partial charge is 0.497 e. The lowest BCUT2D eigenvalue weighted by molar-refractivity contribution is -0.118. The van der Waals surface area contributed by atoms with Gasteiger partial charge in [-0.25, -0.2) is 0 Å². The molecule has 2 N–H and O–H groups in total. The molecule has 0 saturated heterocycles. The quantitative estimate of drug-likeness (QED) is 0.591. The van der Waals surface area contributed by atoms with E-state index >= 15 is 0 Å². The predicted molar refractivity (Wildman–Crippen MR) is 77.9 cm³/mol. The van der Waals surface area contributed by atoms with Gasteiger partial charge in [-0.05, 0) is 31.3 Å². The molecule has 0 fully saturated rings. The molecule has 1 amide bonds. The first-order chi connectivity index (χ1) is 8.26. The van der Waals surface area contributed by atoms with Gasteiger partial charge in [0.1, 0.15) is 5.75 Å². The molecule has 0 saturated carbocycles. The number of carbonyl (C=O) groups excluding carboxylic acids is 1. The normalized spacial score (nSPS) is 9.44. The van der Waals surface area contributed by atoms with Crippen LogP contribution in [-0.2, 0) is 4.79 Å². The number of benzene rings is 1. The smallest absolute Gasteiger partial charge is 0.230 e. The van der Waals surface area contributed by atoms with Crippen LogP contribution in [0.3, 0.4) is 0 Å². The Bertz CT molecular complexity index is 346. The summed E-state index contributed by atoms with van der Waals surface area (Å²) in [6, 6.07) is 7.68. The summed E-state index contributed by atoms with van der Waals surface area (Å²) in [5.41, 5.74) is 0. The van der Waals surface area contributed by atoms with Gasteiger partial charge < -0.3 is 15.4 Å². The third kappa shape index (κ3) is 6.74. The summed E-state index contributed by atoms with van der Waals surface area (Å²) in [6.45, 7) is 1.46. The maximum atomic E-state index is 11.4. The van der Waals surface area contributed by atoms with Crippen molar-refractivity contribution in [1.82, 2.24) is 10.6 Å². The molecule has 0 bridgehead atoms. The first kappa shape index (κ1) is 17.1. The van der Waals surface area contributed by atoms with Crippen LogP contribution in [0.15, 0.2) is 29.2 Å². The zero-order chi connectivity index (χ0) is 12.5. The molecule has 1 rings (SSSR count). The summed E-state index contributed by atoms with van der Waals surface area (Å²) < 4.78 is 5.06. The number of rotatable bonds is 7. The number of halogens is 1. The summed E-state index contributed by atoms with van der Waals surface area (Å²) in [6.07, 6.45) is 0. The van der Waals surface area contributed by atoms with Gasteiger partial charge in [0.25, 0.3) is 0 Å². The van der Waals surface area contributed by atoms with E-state index in [4.69, 9.17) is 4.74 Å². The second kappa shape index (κ2) is 10.1. The predicted octanol–water partition coefficient (Wildman–Crippen LogP) is 1.54. The average molecular weight is 291 g/mol. The van der Waals surface area contributed by atoms with Crippen molar-refractivity contribution >= 4 is 30.1 Å². The topological polar surface area (TPSA) is 50.4 Å². The van der Waals surface area contributed by atoms with Crippen molar-refractivity contribution in [2.24, 2.45) is 0 Å².